The Morgan fingerprint density at radius 3 is 2.43 bits per heavy atom. The number of anilines is 1. The summed E-state index contributed by atoms with van der Waals surface area (Å²) in [5, 5.41) is 2.62. The van der Waals surface area contributed by atoms with Gasteiger partial charge in [0, 0.05) is 27.5 Å². The van der Waals surface area contributed by atoms with Crippen molar-refractivity contribution in [2.75, 3.05) is 19.5 Å². The molecule has 154 valence electrons. The fourth-order valence-corrected chi connectivity index (χ4v) is 3.70. The van der Waals surface area contributed by atoms with Crippen molar-refractivity contribution < 1.29 is 23.5 Å². The fourth-order valence-electron chi connectivity index (χ4n) is 2.77. The molecule has 3 N–H and O–H groups in total. The molecule has 0 fully saturated rings. The molecule has 0 saturated heterocycles. The number of rotatable bonds is 7. The molecule has 2 amide bonds. The molecule has 8 heteroatoms. The third kappa shape index (κ3) is 4.66. The zero-order valence-electron chi connectivity index (χ0n) is 16.3. The van der Waals surface area contributed by atoms with Crippen LogP contribution in [-0.2, 0) is 4.79 Å². The van der Waals surface area contributed by atoms with Crippen molar-refractivity contribution in [1.29, 1.82) is 0 Å². The zero-order valence-corrected chi connectivity index (χ0v) is 17.1. The Balaban J connectivity index is 1.78. The molecule has 0 aliphatic carbocycles. The summed E-state index contributed by atoms with van der Waals surface area (Å²) >= 11 is 1.35. The summed E-state index contributed by atoms with van der Waals surface area (Å²) in [6.07, 6.45) is 2.92. The van der Waals surface area contributed by atoms with E-state index in [1.807, 2.05) is 0 Å². The van der Waals surface area contributed by atoms with Gasteiger partial charge in [0.05, 0.1) is 25.5 Å². The number of benzene rings is 2. The van der Waals surface area contributed by atoms with E-state index in [4.69, 9.17) is 15.2 Å². The highest BCUT2D eigenvalue weighted by Gasteiger charge is 2.16. The van der Waals surface area contributed by atoms with E-state index >= 15 is 0 Å². The SMILES string of the molecule is COc1cc(NC(=O)C=Cc2ccc(-c3ccccc3F)s2)c(C(N)=O)cc1OC. The minimum absolute atomic E-state index is 0.0902. The van der Waals surface area contributed by atoms with Crippen LogP contribution in [-0.4, -0.2) is 26.0 Å². The summed E-state index contributed by atoms with van der Waals surface area (Å²) in [4.78, 5) is 25.6. The summed E-state index contributed by atoms with van der Waals surface area (Å²) in [6.45, 7) is 0. The summed E-state index contributed by atoms with van der Waals surface area (Å²) in [5.74, 6) is -0.831. The minimum atomic E-state index is -0.719. The number of thiophene rings is 1. The fraction of sp³-hybridized carbons (Fsp3) is 0.0909. The lowest BCUT2D eigenvalue weighted by molar-refractivity contribution is -0.111. The van der Waals surface area contributed by atoms with Crippen molar-refractivity contribution >= 4 is 34.9 Å². The van der Waals surface area contributed by atoms with E-state index < -0.39 is 11.8 Å². The molecule has 0 radical (unpaired) electrons. The number of amides is 2. The highest BCUT2D eigenvalue weighted by atomic mass is 32.1. The van der Waals surface area contributed by atoms with Crippen LogP contribution in [0, 0.1) is 5.82 Å². The average Bonchev–Trinajstić information content (AvgIpc) is 3.20. The smallest absolute Gasteiger partial charge is 0.250 e. The van der Waals surface area contributed by atoms with Gasteiger partial charge in [-0.15, -0.1) is 11.3 Å². The molecular formula is C22H19FN2O4S. The average molecular weight is 426 g/mol. The number of primary amides is 1. The largest absolute Gasteiger partial charge is 0.493 e. The predicted octanol–water partition coefficient (Wildman–Crippen LogP) is 4.32. The number of nitrogens with two attached hydrogens (primary N) is 1. The lowest BCUT2D eigenvalue weighted by atomic mass is 10.1. The normalized spacial score (nSPS) is 10.8. The quantitative estimate of drug-likeness (QED) is 0.551. The molecule has 0 aliphatic heterocycles. The van der Waals surface area contributed by atoms with Crippen molar-refractivity contribution in [3.63, 3.8) is 0 Å². The second-order valence-electron chi connectivity index (χ2n) is 6.12. The number of methoxy groups -OCH3 is 2. The molecular weight excluding hydrogens is 407 g/mol. The van der Waals surface area contributed by atoms with Crippen LogP contribution in [0.3, 0.4) is 0 Å². The molecule has 0 saturated carbocycles. The monoisotopic (exact) mass is 426 g/mol. The molecule has 1 heterocycles. The number of nitrogens with one attached hydrogen (secondary N) is 1. The van der Waals surface area contributed by atoms with Gasteiger partial charge in [0.2, 0.25) is 5.91 Å². The third-order valence-electron chi connectivity index (χ3n) is 4.21. The number of hydrogen-bond acceptors (Lipinski definition) is 5. The third-order valence-corrected chi connectivity index (χ3v) is 5.30. The first kappa shape index (κ1) is 21.1. The Hall–Kier alpha value is -3.65. The van der Waals surface area contributed by atoms with Gasteiger partial charge in [0.15, 0.2) is 11.5 Å². The number of halogens is 1. The maximum absolute atomic E-state index is 13.9. The molecule has 1 aromatic heterocycles. The van der Waals surface area contributed by atoms with Crippen molar-refractivity contribution in [3.8, 4) is 21.9 Å². The Labute approximate surface area is 176 Å². The van der Waals surface area contributed by atoms with Gasteiger partial charge in [0.1, 0.15) is 5.82 Å². The van der Waals surface area contributed by atoms with Crippen molar-refractivity contribution in [2.24, 2.45) is 5.73 Å². The van der Waals surface area contributed by atoms with Gasteiger partial charge in [-0.3, -0.25) is 9.59 Å². The number of carbonyl (C=O) groups excluding carboxylic acids is 2. The Bertz CT molecular complexity index is 1120. The summed E-state index contributed by atoms with van der Waals surface area (Å²) in [6, 6.07) is 12.9. The van der Waals surface area contributed by atoms with E-state index in [1.165, 1.54) is 49.8 Å². The predicted molar refractivity (Wildman–Crippen MR) is 115 cm³/mol. The summed E-state index contributed by atoms with van der Waals surface area (Å²) in [5.41, 5.74) is 6.20. The lowest BCUT2D eigenvalue weighted by Gasteiger charge is -2.13. The van der Waals surface area contributed by atoms with Crippen molar-refractivity contribution in [2.45, 2.75) is 0 Å². The molecule has 30 heavy (non-hydrogen) atoms. The van der Waals surface area contributed by atoms with Gasteiger partial charge in [-0.1, -0.05) is 18.2 Å². The van der Waals surface area contributed by atoms with E-state index in [2.05, 4.69) is 5.32 Å². The molecule has 0 aliphatic rings. The van der Waals surface area contributed by atoms with Gasteiger partial charge in [-0.2, -0.15) is 0 Å². The van der Waals surface area contributed by atoms with Gasteiger partial charge >= 0.3 is 0 Å². The Kier molecular flexibility index (Phi) is 6.48. The standard InChI is InChI=1S/C22H19FN2O4S/c1-28-18-11-15(22(24)27)17(12-19(18)29-2)25-21(26)10-8-13-7-9-20(30-13)14-5-3-4-6-16(14)23/h3-12H,1-2H3,(H2,24,27)(H,25,26). The minimum Gasteiger partial charge on any atom is -0.493 e. The van der Waals surface area contributed by atoms with Crippen LogP contribution < -0.4 is 20.5 Å². The van der Waals surface area contributed by atoms with E-state index in [-0.39, 0.29) is 17.1 Å². The van der Waals surface area contributed by atoms with Crippen LogP contribution in [0.5, 0.6) is 11.5 Å². The molecule has 0 atom stereocenters. The first-order valence-electron chi connectivity index (χ1n) is 8.82. The summed E-state index contributed by atoms with van der Waals surface area (Å²) in [7, 11) is 2.87. The van der Waals surface area contributed by atoms with E-state index in [0.717, 1.165) is 9.75 Å². The highest BCUT2D eigenvalue weighted by molar-refractivity contribution is 7.16. The van der Waals surface area contributed by atoms with Gasteiger partial charge < -0.3 is 20.5 Å². The highest BCUT2D eigenvalue weighted by Crippen LogP contribution is 2.33. The van der Waals surface area contributed by atoms with Gasteiger partial charge in [-0.05, 0) is 30.3 Å². The van der Waals surface area contributed by atoms with Crippen molar-refractivity contribution in [1.82, 2.24) is 0 Å². The van der Waals surface area contributed by atoms with Gasteiger partial charge in [-0.25, -0.2) is 4.39 Å². The number of ether oxygens (including phenoxy) is 2. The lowest BCUT2D eigenvalue weighted by Crippen LogP contribution is -2.17. The number of carbonyl (C=O) groups is 2. The zero-order chi connectivity index (χ0) is 21.7. The van der Waals surface area contributed by atoms with Crippen LogP contribution in [0.1, 0.15) is 15.2 Å². The van der Waals surface area contributed by atoms with E-state index in [9.17, 15) is 14.0 Å². The Morgan fingerprint density at radius 2 is 1.77 bits per heavy atom. The van der Waals surface area contributed by atoms with Crippen LogP contribution in [0.2, 0.25) is 0 Å². The molecule has 2 aromatic carbocycles. The maximum atomic E-state index is 13.9. The molecule has 6 nitrogen and oxygen atoms in total. The maximum Gasteiger partial charge on any atom is 0.250 e. The number of hydrogen-bond donors (Lipinski definition) is 2. The molecule has 0 spiro atoms. The first-order valence-corrected chi connectivity index (χ1v) is 9.64. The second-order valence-corrected chi connectivity index (χ2v) is 7.24. The van der Waals surface area contributed by atoms with Crippen LogP contribution >= 0.6 is 11.3 Å². The molecule has 0 unspecified atom stereocenters. The topological polar surface area (TPSA) is 90.6 Å². The second kappa shape index (κ2) is 9.23. The Morgan fingerprint density at radius 1 is 1.07 bits per heavy atom. The summed E-state index contributed by atoms with van der Waals surface area (Å²) < 4.78 is 24.3. The van der Waals surface area contributed by atoms with Crippen LogP contribution in [0.15, 0.2) is 54.6 Å². The van der Waals surface area contributed by atoms with E-state index in [0.29, 0.717) is 17.1 Å². The van der Waals surface area contributed by atoms with Crippen LogP contribution in [0.25, 0.3) is 16.5 Å². The van der Waals surface area contributed by atoms with Crippen LogP contribution in [0.4, 0.5) is 10.1 Å². The molecule has 0 bridgehead atoms. The molecule has 3 rings (SSSR count). The van der Waals surface area contributed by atoms with E-state index in [1.54, 1.807) is 36.4 Å². The van der Waals surface area contributed by atoms with Crippen molar-refractivity contribution in [3.05, 3.63) is 70.9 Å². The van der Waals surface area contributed by atoms with Gasteiger partial charge in [0.25, 0.3) is 5.91 Å². The first-order chi connectivity index (χ1) is 14.4. The molecule has 3 aromatic rings.